The van der Waals surface area contributed by atoms with Crippen LogP contribution >= 0.6 is 0 Å². The van der Waals surface area contributed by atoms with Gasteiger partial charge in [0.25, 0.3) is 0 Å². The van der Waals surface area contributed by atoms with Gasteiger partial charge in [-0.05, 0) is 38.8 Å². The van der Waals surface area contributed by atoms with E-state index in [0.29, 0.717) is 11.7 Å². The molecule has 1 aromatic heterocycles. The molecule has 5 nitrogen and oxygen atoms in total. The van der Waals surface area contributed by atoms with Crippen molar-refractivity contribution in [1.82, 2.24) is 19.9 Å². The molecule has 1 aliphatic carbocycles. The molecule has 2 fully saturated rings. The molecule has 0 atom stereocenters. The second kappa shape index (κ2) is 4.05. The van der Waals surface area contributed by atoms with Crippen LogP contribution in [-0.4, -0.2) is 39.5 Å². The number of hydrogen-bond acceptors (Lipinski definition) is 4. The van der Waals surface area contributed by atoms with Gasteiger partial charge in [0.05, 0.1) is 12.2 Å². The van der Waals surface area contributed by atoms with E-state index in [-0.39, 0.29) is 0 Å². The molecule has 1 aromatic rings. The van der Waals surface area contributed by atoms with Gasteiger partial charge >= 0.3 is 0 Å². The largest absolute Gasteiger partial charge is 0.381 e. The molecule has 1 saturated heterocycles. The molecule has 1 aliphatic heterocycles. The summed E-state index contributed by atoms with van der Waals surface area (Å²) in [7, 11) is 0. The molecule has 0 spiro atoms. The van der Waals surface area contributed by atoms with Gasteiger partial charge in [-0.1, -0.05) is 5.21 Å². The number of nitrogens with two attached hydrogens (primary N) is 1. The molecule has 88 valence electrons. The number of aromatic nitrogens is 3. The monoisotopic (exact) mass is 221 g/mol. The van der Waals surface area contributed by atoms with Crippen LogP contribution in [0.15, 0.2) is 0 Å². The van der Waals surface area contributed by atoms with Crippen molar-refractivity contribution in [3.63, 3.8) is 0 Å². The fraction of sp³-hybridized carbons (Fsp3) is 0.818. The first-order valence-electron chi connectivity index (χ1n) is 6.26. The lowest BCUT2D eigenvalue weighted by molar-refractivity contribution is 0.312. The summed E-state index contributed by atoms with van der Waals surface area (Å²) in [5, 5.41) is 8.15. The van der Waals surface area contributed by atoms with Gasteiger partial charge in [-0.3, -0.25) is 0 Å². The van der Waals surface area contributed by atoms with Crippen LogP contribution in [0.1, 0.15) is 37.3 Å². The Morgan fingerprint density at radius 2 is 1.94 bits per heavy atom. The predicted octanol–water partition coefficient (Wildman–Crippen LogP) is 0.833. The van der Waals surface area contributed by atoms with Crippen molar-refractivity contribution in [2.45, 2.75) is 38.1 Å². The Labute approximate surface area is 95.6 Å². The van der Waals surface area contributed by atoms with Crippen molar-refractivity contribution in [3.8, 4) is 0 Å². The SMILES string of the molecule is Nc1nnn(CCN2CCCC2)c1C1CC1. The van der Waals surface area contributed by atoms with E-state index >= 15 is 0 Å². The summed E-state index contributed by atoms with van der Waals surface area (Å²) in [6.07, 6.45) is 5.19. The maximum atomic E-state index is 5.86. The maximum absolute atomic E-state index is 5.86. The lowest BCUT2D eigenvalue weighted by Gasteiger charge is -2.14. The fourth-order valence-electron chi connectivity index (χ4n) is 2.52. The van der Waals surface area contributed by atoms with Crippen molar-refractivity contribution in [3.05, 3.63) is 5.69 Å². The third-order valence-corrected chi connectivity index (χ3v) is 3.59. The van der Waals surface area contributed by atoms with Gasteiger partial charge < -0.3 is 10.6 Å². The third kappa shape index (κ3) is 1.91. The van der Waals surface area contributed by atoms with Gasteiger partial charge in [0, 0.05) is 12.5 Å². The standard InChI is InChI=1S/C11H19N5/c12-11-10(9-3-4-9)16(14-13-11)8-7-15-5-1-2-6-15/h9H,1-8,12H2. The Hall–Kier alpha value is -1.10. The molecule has 5 heteroatoms. The summed E-state index contributed by atoms with van der Waals surface area (Å²) in [5.41, 5.74) is 7.04. The molecule has 16 heavy (non-hydrogen) atoms. The van der Waals surface area contributed by atoms with Crippen LogP contribution in [0.5, 0.6) is 0 Å². The molecule has 2 aliphatic rings. The number of nitrogen functional groups attached to an aromatic ring is 1. The molecule has 0 radical (unpaired) electrons. The van der Waals surface area contributed by atoms with Crippen LogP contribution in [-0.2, 0) is 6.54 Å². The Morgan fingerprint density at radius 1 is 1.19 bits per heavy atom. The van der Waals surface area contributed by atoms with Crippen molar-refractivity contribution in [2.24, 2.45) is 0 Å². The first-order valence-corrected chi connectivity index (χ1v) is 6.26. The summed E-state index contributed by atoms with van der Waals surface area (Å²) in [4.78, 5) is 2.49. The normalized spacial score (nSPS) is 21.8. The van der Waals surface area contributed by atoms with Crippen LogP contribution in [0.3, 0.4) is 0 Å². The number of anilines is 1. The molecule has 2 N–H and O–H groups in total. The molecule has 3 rings (SSSR count). The van der Waals surface area contributed by atoms with Crippen LogP contribution < -0.4 is 5.73 Å². The van der Waals surface area contributed by atoms with Crippen LogP contribution in [0, 0.1) is 0 Å². The van der Waals surface area contributed by atoms with E-state index in [1.165, 1.54) is 44.5 Å². The number of hydrogen-bond donors (Lipinski definition) is 1. The van der Waals surface area contributed by atoms with Crippen molar-refractivity contribution in [2.75, 3.05) is 25.4 Å². The van der Waals surface area contributed by atoms with Gasteiger partial charge in [0.2, 0.25) is 0 Å². The first kappa shape index (κ1) is 10.1. The van der Waals surface area contributed by atoms with E-state index in [9.17, 15) is 0 Å². The van der Waals surface area contributed by atoms with E-state index in [1.54, 1.807) is 0 Å². The quantitative estimate of drug-likeness (QED) is 0.818. The summed E-state index contributed by atoms with van der Waals surface area (Å²) in [6, 6.07) is 0. The van der Waals surface area contributed by atoms with E-state index in [4.69, 9.17) is 5.73 Å². The average molecular weight is 221 g/mol. The van der Waals surface area contributed by atoms with Crippen LogP contribution in [0.25, 0.3) is 0 Å². The smallest absolute Gasteiger partial charge is 0.169 e. The Bertz CT molecular complexity index is 362. The zero-order valence-corrected chi connectivity index (χ0v) is 9.60. The van der Waals surface area contributed by atoms with Crippen LogP contribution in [0.2, 0.25) is 0 Å². The van der Waals surface area contributed by atoms with E-state index in [0.717, 1.165) is 13.1 Å². The molecule has 0 bridgehead atoms. The molecular weight excluding hydrogens is 202 g/mol. The molecule has 0 amide bonds. The van der Waals surface area contributed by atoms with Crippen molar-refractivity contribution >= 4 is 5.82 Å². The summed E-state index contributed by atoms with van der Waals surface area (Å²) in [6.45, 7) is 4.50. The van der Waals surface area contributed by atoms with Gasteiger partial charge in [-0.25, -0.2) is 4.68 Å². The lowest BCUT2D eigenvalue weighted by atomic mass is 10.3. The minimum absolute atomic E-state index is 0.633. The zero-order chi connectivity index (χ0) is 11.0. The Balaban J connectivity index is 1.64. The Morgan fingerprint density at radius 3 is 2.62 bits per heavy atom. The second-order valence-electron chi connectivity index (χ2n) is 4.91. The molecule has 0 aromatic carbocycles. The molecule has 2 heterocycles. The number of rotatable bonds is 4. The van der Waals surface area contributed by atoms with Gasteiger partial charge in [0.15, 0.2) is 5.82 Å². The summed E-state index contributed by atoms with van der Waals surface area (Å²) in [5.74, 6) is 1.28. The van der Waals surface area contributed by atoms with E-state index in [2.05, 4.69) is 15.2 Å². The highest BCUT2D eigenvalue weighted by Crippen LogP contribution is 2.41. The molecule has 1 saturated carbocycles. The predicted molar refractivity (Wildman–Crippen MR) is 62.1 cm³/mol. The molecular formula is C11H19N5. The van der Waals surface area contributed by atoms with E-state index in [1.807, 2.05) is 4.68 Å². The minimum atomic E-state index is 0.633. The number of nitrogens with zero attached hydrogens (tertiary/aromatic N) is 4. The van der Waals surface area contributed by atoms with Crippen LogP contribution in [0.4, 0.5) is 5.82 Å². The first-order chi connectivity index (χ1) is 7.84. The highest BCUT2D eigenvalue weighted by Gasteiger charge is 2.30. The van der Waals surface area contributed by atoms with Crippen molar-refractivity contribution in [1.29, 1.82) is 0 Å². The fourth-order valence-corrected chi connectivity index (χ4v) is 2.52. The highest BCUT2D eigenvalue weighted by atomic mass is 15.5. The average Bonchev–Trinajstić information content (AvgIpc) is 2.85. The summed E-state index contributed by atoms with van der Waals surface area (Å²) < 4.78 is 2.02. The Kier molecular flexibility index (Phi) is 2.55. The zero-order valence-electron chi connectivity index (χ0n) is 9.60. The number of likely N-dealkylation sites (tertiary alicyclic amines) is 1. The van der Waals surface area contributed by atoms with E-state index < -0.39 is 0 Å². The van der Waals surface area contributed by atoms with Gasteiger partial charge in [0.1, 0.15) is 0 Å². The highest BCUT2D eigenvalue weighted by molar-refractivity contribution is 5.38. The lowest BCUT2D eigenvalue weighted by Crippen LogP contribution is -2.25. The second-order valence-corrected chi connectivity index (χ2v) is 4.91. The summed E-state index contributed by atoms with van der Waals surface area (Å²) >= 11 is 0. The van der Waals surface area contributed by atoms with Crippen molar-refractivity contribution < 1.29 is 0 Å². The minimum Gasteiger partial charge on any atom is -0.381 e. The topological polar surface area (TPSA) is 60.0 Å². The third-order valence-electron chi connectivity index (χ3n) is 3.59. The van der Waals surface area contributed by atoms with Gasteiger partial charge in [-0.2, -0.15) is 0 Å². The van der Waals surface area contributed by atoms with Gasteiger partial charge in [-0.15, -0.1) is 5.10 Å². The molecule has 0 unspecified atom stereocenters. The maximum Gasteiger partial charge on any atom is 0.169 e.